The van der Waals surface area contributed by atoms with E-state index < -0.39 is 0 Å². The van der Waals surface area contributed by atoms with Gasteiger partial charge in [0, 0.05) is 41.7 Å². The third-order valence-corrected chi connectivity index (χ3v) is 7.66. The number of hydrogen-bond acceptors (Lipinski definition) is 5. The largest absolute Gasteiger partial charge is 0.375 e. The second kappa shape index (κ2) is 9.11. The summed E-state index contributed by atoms with van der Waals surface area (Å²) in [6, 6.07) is 10.7. The standard InChI is InChI=1S/C24H29N3OS/c1-17-12-23-22(15-27(17)14-19-4-2-3-5-19)21(13-25)24(29-23)26-11-10-18-6-8-20(16-28)9-7-18/h6-9,16-17,19,26H,2-5,10-12,14-15H2,1H3. The van der Waals surface area contributed by atoms with Gasteiger partial charge in [0.1, 0.15) is 17.4 Å². The van der Waals surface area contributed by atoms with Crippen molar-refractivity contribution in [2.45, 2.75) is 58.0 Å². The summed E-state index contributed by atoms with van der Waals surface area (Å²) in [6.07, 6.45) is 8.29. The molecule has 0 amide bonds. The molecule has 1 saturated carbocycles. The van der Waals surface area contributed by atoms with Crippen LogP contribution in [0.15, 0.2) is 24.3 Å². The summed E-state index contributed by atoms with van der Waals surface area (Å²) in [5, 5.41) is 14.4. The zero-order chi connectivity index (χ0) is 20.2. The Labute approximate surface area is 177 Å². The number of aldehydes is 1. The van der Waals surface area contributed by atoms with E-state index in [2.05, 4.69) is 23.2 Å². The Kier molecular flexibility index (Phi) is 6.32. The maximum Gasteiger partial charge on any atom is 0.150 e. The van der Waals surface area contributed by atoms with E-state index in [9.17, 15) is 10.1 Å². The van der Waals surface area contributed by atoms with Crippen molar-refractivity contribution in [1.29, 1.82) is 5.26 Å². The number of thiophene rings is 1. The number of anilines is 1. The molecule has 152 valence electrons. The van der Waals surface area contributed by atoms with Crippen LogP contribution in [0.3, 0.4) is 0 Å². The molecule has 5 heteroatoms. The van der Waals surface area contributed by atoms with Gasteiger partial charge < -0.3 is 5.32 Å². The van der Waals surface area contributed by atoms with E-state index in [-0.39, 0.29) is 0 Å². The Hall–Kier alpha value is -2.16. The highest BCUT2D eigenvalue weighted by atomic mass is 32.1. The normalized spacial score (nSPS) is 19.7. The molecule has 0 radical (unpaired) electrons. The van der Waals surface area contributed by atoms with Crippen molar-refractivity contribution in [3.05, 3.63) is 51.4 Å². The fraction of sp³-hybridized carbons (Fsp3) is 0.500. The first-order chi connectivity index (χ1) is 14.2. The molecule has 0 spiro atoms. The SMILES string of the molecule is CC1Cc2sc(NCCc3ccc(C=O)cc3)c(C#N)c2CN1CC1CCCC1. The second-order valence-corrected chi connectivity index (χ2v) is 9.59. The van der Waals surface area contributed by atoms with Crippen LogP contribution in [-0.2, 0) is 19.4 Å². The molecule has 2 aliphatic rings. The van der Waals surface area contributed by atoms with Crippen LogP contribution in [0, 0.1) is 17.2 Å². The van der Waals surface area contributed by atoms with Crippen molar-refractivity contribution < 1.29 is 4.79 Å². The third kappa shape index (κ3) is 4.55. The van der Waals surface area contributed by atoms with Crippen LogP contribution in [0.1, 0.15) is 64.5 Å². The van der Waals surface area contributed by atoms with Gasteiger partial charge in [-0.15, -0.1) is 11.3 Å². The first-order valence-corrected chi connectivity index (χ1v) is 11.6. The Morgan fingerprint density at radius 3 is 2.72 bits per heavy atom. The summed E-state index contributed by atoms with van der Waals surface area (Å²) >= 11 is 1.77. The van der Waals surface area contributed by atoms with Crippen LogP contribution < -0.4 is 5.32 Å². The Bertz CT molecular complexity index is 890. The molecule has 2 heterocycles. The zero-order valence-corrected chi connectivity index (χ0v) is 17.9. The number of carbonyl (C=O) groups is 1. The van der Waals surface area contributed by atoms with Crippen molar-refractivity contribution in [1.82, 2.24) is 4.90 Å². The summed E-state index contributed by atoms with van der Waals surface area (Å²) in [5.41, 5.74) is 4.01. The van der Waals surface area contributed by atoms with Gasteiger partial charge in [-0.3, -0.25) is 9.69 Å². The number of nitrogens with zero attached hydrogens (tertiary/aromatic N) is 2. The molecule has 1 aliphatic heterocycles. The maximum absolute atomic E-state index is 10.8. The molecule has 1 fully saturated rings. The molecular weight excluding hydrogens is 378 g/mol. The molecule has 4 nitrogen and oxygen atoms in total. The minimum Gasteiger partial charge on any atom is -0.375 e. The van der Waals surface area contributed by atoms with E-state index in [0.717, 1.165) is 48.7 Å². The molecule has 1 N–H and O–H groups in total. The van der Waals surface area contributed by atoms with E-state index in [1.807, 2.05) is 24.3 Å². The van der Waals surface area contributed by atoms with Gasteiger partial charge in [-0.2, -0.15) is 5.26 Å². The van der Waals surface area contributed by atoms with Crippen LogP contribution in [0.5, 0.6) is 0 Å². The van der Waals surface area contributed by atoms with Crippen LogP contribution in [0.4, 0.5) is 5.00 Å². The number of nitriles is 1. The summed E-state index contributed by atoms with van der Waals surface area (Å²) in [5.74, 6) is 0.839. The highest BCUT2D eigenvalue weighted by molar-refractivity contribution is 7.16. The fourth-order valence-corrected chi connectivity index (χ4v) is 6.00. The van der Waals surface area contributed by atoms with Crippen molar-refractivity contribution in [2.24, 2.45) is 5.92 Å². The number of hydrogen-bond donors (Lipinski definition) is 1. The molecule has 1 aromatic heterocycles. The lowest BCUT2D eigenvalue weighted by molar-refractivity contribution is 0.112. The van der Waals surface area contributed by atoms with Crippen molar-refractivity contribution in [3.63, 3.8) is 0 Å². The molecule has 1 aromatic carbocycles. The third-order valence-electron chi connectivity index (χ3n) is 6.45. The van der Waals surface area contributed by atoms with E-state index in [0.29, 0.717) is 11.6 Å². The smallest absolute Gasteiger partial charge is 0.150 e. The predicted molar refractivity (Wildman–Crippen MR) is 119 cm³/mol. The van der Waals surface area contributed by atoms with E-state index in [1.165, 1.54) is 48.2 Å². The van der Waals surface area contributed by atoms with Gasteiger partial charge in [0.05, 0.1) is 5.56 Å². The van der Waals surface area contributed by atoms with Crippen molar-refractivity contribution in [3.8, 4) is 6.07 Å². The summed E-state index contributed by atoms with van der Waals surface area (Å²) in [7, 11) is 0. The van der Waals surface area contributed by atoms with Crippen molar-refractivity contribution >= 4 is 22.6 Å². The number of carbonyl (C=O) groups excluding carboxylic acids is 1. The lowest BCUT2D eigenvalue weighted by Crippen LogP contribution is -2.40. The molecule has 0 saturated heterocycles. The van der Waals surface area contributed by atoms with Gasteiger partial charge in [-0.1, -0.05) is 37.1 Å². The topological polar surface area (TPSA) is 56.1 Å². The molecule has 1 atom stereocenters. The van der Waals surface area contributed by atoms with Gasteiger partial charge in [0.25, 0.3) is 0 Å². The summed E-state index contributed by atoms with van der Waals surface area (Å²) in [6.45, 7) is 5.22. The lowest BCUT2D eigenvalue weighted by Gasteiger charge is -2.35. The molecule has 1 unspecified atom stereocenters. The molecule has 2 aromatic rings. The Morgan fingerprint density at radius 1 is 1.28 bits per heavy atom. The molecule has 29 heavy (non-hydrogen) atoms. The number of fused-ring (bicyclic) bond motifs is 1. The van der Waals surface area contributed by atoms with Crippen LogP contribution in [0.2, 0.25) is 0 Å². The fourth-order valence-electron chi connectivity index (χ4n) is 4.70. The van der Waals surface area contributed by atoms with Gasteiger partial charge in [0.2, 0.25) is 0 Å². The second-order valence-electron chi connectivity index (χ2n) is 8.49. The van der Waals surface area contributed by atoms with E-state index in [4.69, 9.17) is 0 Å². The lowest BCUT2D eigenvalue weighted by atomic mass is 9.97. The predicted octanol–water partition coefficient (Wildman–Crippen LogP) is 5.02. The van der Waals surface area contributed by atoms with Crippen LogP contribution >= 0.6 is 11.3 Å². The number of rotatable bonds is 7. The highest BCUT2D eigenvalue weighted by Crippen LogP contribution is 2.39. The molecule has 4 rings (SSSR count). The quantitative estimate of drug-likeness (QED) is 0.655. The zero-order valence-electron chi connectivity index (χ0n) is 17.1. The van der Waals surface area contributed by atoms with Crippen LogP contribution in [-0.4, -0.2) is 30.3 Å². The summed E-state index contributed by atoms with van der Waals surface area (Å²) < 4.78 is 0. The first-order valence-electron chi connectivity index (χ1n) is 10.7. The van der Waals surface area contributed by atoms with Gasteiger partial charge in [-0.05, 0) is 44.1 Å². The average Bonchev–Trinajstić information content (AvgIpc) is 3.36. The van der Waals surface area contributed by atoms with E-state index >= 15 is 0 Å². The Balaban J connectivity index is 1.41. The molecule has 1 aliphatic carbocycles. The highest BCUT2D eigenvalue weighted by Gasteiger charge is 2.30. The number of benzene rings is 1. The summed E-state index contributed by atoms with van der Waals surface area (Å²) in [4.78, 5) is 14.8. The number of nitrogens with one attached hydrogen (secondary N) is 1. The van der Waals surface area contributed by atoms with Crippen LogP contribution in [0.25, 0.3) is 0 Å². The average molecular weight is 408 g/mol. The molecule has 0 bridgehead atoms. The van der Waals surface area contributed by atoms with Crippen molar-refractivity contribution in [2.75, 3.05) is 18.4 Å². The van der Waals surface area contributed by atoms with Gasteiger partial charge >= 0.3 is 0 Å². The maximum atomic E-state index is 10.8. The minimum atomic E-state index is 0.553. The van der Waals surface area contributed by atoms with E-state index in [1.54, 1.807) is 11.3 Å². The molecular formula is C24H29N3OS. The van der Waals surface area contributed by atoms with Gasteiger partial charge in [-0.25, -0.2) is 0 Å². The minimum absolute atomic E-state index is 0.553. The Morgan fingerprint density at radius 2 is 2.03 bits per heavy atom. The first kappa shape index (κ1) is 20.1. The van der Waals surface area contributed by atoms with Gasteiger partial charge in [0.15, 0.2) is 0 Å². The monoisotopic (exact) mass is 407 g/mol.